The van der Waals surface area contributed by atoms with E-state index in [0.717, 1.165) is 12.1 Å². The smallest absolute Gasteiger partial charge is 0.194 e. The molecule has 0 radical (unpaired) electrons. The van der Waals surface area contributed by atoms with Gasteiger partial charge in [-0.05, 0) is 30.3 Å². The summed E-state index contributed by atoms with van der Waals surface area (Å²) >= 11 is 12.2. The van der Waals surface area contributed by atoms with Crippen LogP contribution in [-0.2, 0) is 9.47 Å². The second-order valence-electron chi connectivity index (χ2n) is 8.45. The average Bonchev–Trinajstić information content (AvgIpc) is 3.58. The van der Waals surface area contributed by atoms with Gasteiger partial charge < -0.3 is 19.7 Å². The van der Waals surface area contributed by atoms with Gasteiger partial charge in [-0.3, -0.25) is 4.57 Å². The lowest BCUT2D eigenvalue weighted by Gasteiger charge is -2.43. The summed E-state index contributed by atoms with van der Waals surface area (Å²) < 4.78 is 55.5. The third-order valence-electron chi connectivity index (χ3n) is 6.24. The van der Waals surface area contributed by atoms with E-state index in [9.17, 15) is 23.4 Å². The molecule has 4 aromatic rings. The molecular formula is C23H19Cl2F3N6O4. The Labute approximate surface area is 223 Å². The number of aromatic nitrogens is 6. The van der Waals surface area contributed by atoms with E-state index in [1.54, 1.807) is 22.8 Å². The van der Waals surface area contributed by atoms with E-state index in [0.29, 0.717) is 15.7 Å². The Bertz CT molecular complexity index is 1450. The molecule has 1 aliphatic rings. The van der Waals surface area contributed by atoms with Crippen LogP contribution in [0, 0.1) is 17.5 Å². The molecule has 0 saturated carbocycles. The summed E-state index contributed by atoms with van der Waals surface area (Å²) in [6.07, 6.45) is -1.68. The Hall–Kier alpha value is -3.07. The second-order valence-corrected chi connectivity index (χ2v) is 9.27. The minimum absolute atomic E-state index is 0.00687. The molecule has 10 nitrogen and oxygen atoms in total. The van der Waals surface area contributed by atoms with Gasteiger partial charge in [-0.15, -0.1) is 15.3 Å². The minimum Gasteiger partial charge on any atom is -0.394 e. The van der Waals surface area contributed by atoms with Gasteiger partial charge in [-0.25, -0.2) is 17.9 Å². The van der Waals surface area contributed by atoms with Gasteiger partial charge in [0, 0.05) is 18.4 Å². The average molecular weight is 571 g/mol. The van der Waals surface area contributed by atoms with Gasteiger partial charge in [-0.2, -0.15) is 0 Å². The van der Waals surface area contributed by atoms with Crippen LogP contribution in [0.25, 0.3) is 16.9 Å². The topological polar surface area (TPSA) is 120 Å². The van der Waals surface area contributed by atoms with Crippen molar-refractivity contribution in [3.8, 4) is 16.9 Å². The predicted molar refractivity (Wildman–Crippen MR) is 127 cm³/mol. The van der Waals surface area contributed by atoms with Crippen molar-refractivity contribution in [2.75, 3.05) is 13.7 Å². The Morgan fingerprint density at radius 1 is 1.08 bits per heavy atom. The number of benzene rings is 2. The normalized spacial score (nSPS) is 23.6. The lowest BCUT2D eigenvalue weighted by atomic mass is 9.91. The zero-order valence-corrected chi connectivity index (χ0v) is 20.9. The lowest BCUT2D eigenvalue weighted by molar-refractivity contribution is -0.217. The van der Waals surface area contributed by atoms with E-state index < -0.39 is 54.5 Å². The first-order valence-electron chi connectivity index (χ1n) is 11.1. The van der Waals surface area contributed by atoms with Crippen LogP contribution in [0.4, 0.5) is 13.2 Å². The molecule has 2 N–H and O–H groups in total. The number of aliphatic hydroxyl groups excluding tert-OH is 2. The van der Waals surface area contributed by atoms with Crippen LogP contribution in [0.2, 0.25) is 10.0 Å². The van der Waals surface area contributed by atoms with E-state index in [-0.39, 0.29) is 17.1 Å². The van der Waals surface area contributed by atoms with Crippen molar-refractivity contribution in [3.63, 3.8) is 0 Å². The molecular weight excluding hydrogens is 552 g/mol. The minimum atomic E-state index is -1.61. The van der Waals surface area contributed by atoms with Gasteiger partial charge >= 0.3 is 0 Å². The quantitative estimate of drug-likeness (QED) is 0.339. The van der Waals surface area contributed by atoms with Crippen LogP contribution < -0.4 is 0 Å². The fourth-order valence-corrected chi connectivity index (χ4v) is 4.69. The first-order chi connectivity index (χ1) is 18.2. The summed E-state index contributed by atoms with van der Waals surface area (Å²) in [5.41, 5.74) is 0.495. The number of hydrogen-bond donors (Lipinski definition) is 2. The molecule has 1 saturated heterocycles. The summed E-state index contributed by atoms with van der Waals surface area (Å²) in [5.74, 6) is -4.14. The van der Waals surface area contributed by atoms with Crippen molar-refractivity contribution in [2.45, 2.75) is 30.5 Å². The Balaban J connectivity index is 1.55. The van der Waals surface area contributed by atoms with Crippen LogP contribution in [0.15, 0.2) is 42.9 Å². The fourth-order valence-electron chi connectivity index (χ4n) is 4.40. The molecule has 0 amide bonds. The number of rotatable bonds is 6. The monoisotopic (exact) mass is 570 g/mol. The number of nitrogens with zero attached hydrogens (tertiary/aromatic N) is 6. The van der Waals surface area contributed by atoms with Gasteiger partial charge in [0.25, 0.3) is 0 Å². The van der Waals surface area contributed by atoms with E-state index >= 15 is 0 Å². The van der Waals surface area contributed by atoms with Gasteiger partial charge in [0.15, 0.2) is 23.3 Å². The Morgan fingerprint density at radius 3 is 2.47 bits per heavy atom. The molecule has 1 aliphatic heterocycles. The fraction of sp³-hybridized carbons (Fsp3) is 0.304. The molecule has 0 bridgehead atoms. The molecule has 2 aromatic carbocycles. The van der Waals surface area contributed by atoms with Gasteiger partial charge in [0.2, 0.25) is 0 Å². The molecule has 38 heavy (non-hydrogen) atoms. The summed E-state index contributed by atoms with van der Waals surface area (Å²) in [7, 11) is 1.38. The van der Waals surface area contributed by atoms with Gasteiger partial charge in [0.1, 0.15) is 42.5 Å². The van der Waals surface area contributed by atoms with Crippen molar-refractivity contribution in [1.82, 2.24) is 29.8 Å². The number of methoxy groups -OCH3 is 1. The highest BCUT2D eigenvalue weighted by Crippen LogP contribution is 2.40. The van der Waals surface area contributed by atoms with Crippen molar-refractivity contribution >= 4 is 23.2 Å². The molecule has 15 heteroatoms. The molecule has 0 aliphatic carbocycles. The largest absolute Gasteiger partial charge is 0.394 e. The van der Waals surface area contributed by atoms with E-state index in [1.165, 1.54) is 24.3 Å². The molecule has 5 rings (SSSR count). The molecule has 5 atom stereocenters. The Morgan fingerprint density at radius 2 is 1.82 bits per heavy atom. The predicted octanol–water partition coefficient (Wildman–Crippen LogP) is 3.30. The van der Waals surface area contributed by atoms with Crippen molar-refractivity contribution in [1.29, 1.82) is 0 Å². The van der Waals surface area contributed by atoms with E-state index in [1.807, 2.05) is 0 Å². The zero-order chi connectivity index (χ0) is 27.1. The number of ether oxygens (including phenoxy) is 2. The highest BCUT2D eigenvalue weighted by molar-refractivity contribution is 6.42. The first-order valence-corrected chi connectivity index (χ1v) is 11.9. The first kappa shape index (κ1) is 26.5. The summed E-state index contributed by atoms with van der Waals surface area (Å²) in [6, 6.07) is 5.43. The maximum atomic E-state index is 13.8. The molecule has 200 valence electrons. The molecule has 3 heterocycles. The van der Waals surface area contributed by atoms with E-state index in [2.05, 4.69) is 20.5 Å². The molecule has 1 fully saturated rings. The van der Waals surface area contributed by atoms with Crippen LogP contribution in [0.1, 0.15) is 18.0 Å². The summed E-state index contributed by atoms with van der Waals surface area (Å²) in [4.78, 5) is 0. The third kappa shape index (κ3) is 4.65. The standard InChI is InChI=1S/C23H19Cl2F3N6O4/c1-37-21-19(34-7-16(30-32-34)10-4-14(26)18(28)15(27)5-10)20(36)17(8-35)38-22(21)23-31-29-9-33(23)11-2-3-12(24)13(25)6-11/h2-7,9,17,19-22,35-36H,8H2,1H3/t17-,19+,20+,21-,22-/m1/s1. The third-order valence-corrected chi connectivity index (χ3v) is 6.98. The zero-order valence-electron chi connectivity index (χ0n) is 19.4. The lowest BCUT2D eigenvalue weighted by Crippen LogP contribution is -2.53. The van der Waals surface area contributed by atoms with Crippen molar-refractivity contribution < 1.29 is 32.9 Å². The Kier molecular flexibility index (Phi) is 7.40. The van der Waals surface area contributed by atoms with Gasteiger partial charge in [0.05, 0.1) is 22.8 Å². The van der Waals surface area contributed by atoms with Crippen LogP contribution in [-0.4, -0.2) is 72.0 Å². The number of hydrogen-bond acceptors (Lipinski definition) is 8. The van der Waals surface area contributed by atoms with Crippen molar-refractivity contribution in [3.05, 3.63) is 76.2 Å². The van der Waals surface area contributed by atoms with Crippen molar-refractivity contribution in [2.24, 2.45) is 0 Å². The van der Waals surface area contributed by atoms with Crippen LogP contribution >= 0.6 is 23.2 Å². The van der Waals surface area contributed by atoms with Crippen LogP contribution in [0.5, 0.6) is 0 Å². The summed E-state index contributed by atoms with van der Waals surface area (Å²) in [6.45, 7) is -0.568. The summed E-state index contributed by atoms with van der Waals surface area (Å²) in [5, 5.41) is 37.7. The molecule has 0 spiro atoms. The van der Waals surface area contributed by atoms with Crippen LogP contribution in [0.3, 0.4) is 0 Å². The highest BCUT2D eigenvalue weighted by atomic mass is 35.5. The second kappa shape index (κ2) is 10.6. The number of aliphatic hydroxyl groups is 2. The molecule has 2 aromatic heterocycles. The number of halogens is 5. The molecule has 0 unspecified atom stereocenters. The maximum Gasteiger partial charge on any atom is 0.194 e. The van der Waals surface area contributed by atoms with Gasteiger partial charge in [-0.1, -0.05) is 28.4 Å². The highest BCUT2D eigenvalue weighted by Gasteiger charge is 2.49. The maximum absolute atomic E-state index is 13.8. The van der Waals surface area contributed by atoms with E-state index in [4.69, 9.17) is 32.7 Å². The SMILES string of the molecule is CO[C@@H]1[C@@H](n2cc(-c3cc(F)c(F)c(F)c3)nn2)[C@@H](O)[C@@H](CO)O[C@H]1c1nncn1-c1ccc(Cl)c(Cl)c1.